The van der Waals surface area contributed by atoms with E-state index < -0.39 is 5.60 Å². The highest BCUT2D eigenvalue weighted by Gasteiger charge is 2.20. The summed E-state index contributed by atoms with van der Waals surface area (Å²) in [5, 5.41) is 23.9. The van der Waals surface area contributed by atoms with Crippen LogP contribution in [0.3, 0.4) is 0 Å². The van der Waals surface area contributed by atoms with Gasteiger partial charge in [-0.05, 0) is 20.4 Å². The van der Waals surface area contributed by atoms with Gasteiger partial charge < -0.3 is 20.8 Å². The van der Waals surface area contributed by atoms with Gasteiger partial charge >= 0.3 is 0 Å². The van der Waals surface area contributed by atoms with Crippen LogP contribution in [0, 0.1) is 0 Å². The molecule has 0 aliphatic carbocycles. The molecule has 0 heterocycles. The quantitative estimate of drug-likeness (QED) is 0.452. The van der Waals surface area contributed by atoms with Crippen molar-refractivity contribution in [2.45, 2.75) is 38.8 Å². The Kier molecular flexibility index (Phi) is 6.47. The Balaban J connectivity index is 3.75. The van der Waals surface area contributed by atoms with Crippen molar-refractivity contribution >= 4 is 5.91 Å². The third-order valence-corrected chi connectivity index (χ3v) is 2.05. The maximum absolute atomic E-state index is 11.3. The molecule has 4 N–H and O–H groups in total. The molecule has 0 aliphatic rings. The van der Waals surface area contributed by atoms with Crippen LogP contribution in [-0.2, 0) is 4.79 Å². The fraction of sp³-hybridized carbons (Fsp3) is 0.900. The number of hydrogen-bond donors (Lipinski definition) is 4. The van der Waals surface area contributed by atoms with Gasteiger partial charge in [-0.2, -0.15) is 0 Å². The van der Waals surface area contributed by atoms with Crippen LogP contribution in [0.1, 0.15) is 27.2 Å². The molecule has 0 aliphatic heterocycles. The average molecular weight is 218 g/mol. The molecule has 0 bridgehead atoms. The van der Waals surface area contributed by atoms with E-state index in [9.17, 15) is 9.90 Å². The molecule has 5 heteroatoms. The zero-order chi connectivity index (χ0) is 11.9. The predicted molar refractivity (Wildman–Crippen MR) is 58.5 cm³/mol. The molecule has 2 atom stereocenters. The molecule has 0 saturated carbocycles. The summed E-state index contributed by atoms with van der Waals surface area (Å²) in [6.45, 7) is 5.90. The summed E-state index contributed by atoms with van der Waals surface area (Å²) in [6.07, 6.45) is 0.370. The molecule has 1 amide bonds. The molecule has 0 aromatic heterocycles. The fourth-order valence-electron chi connectivity index (χ4n) is 1.12. The standard InChI is InChI=1S/C10H22N2O3/c1-4-11-8(2)5-9(14)12-6-10(3,15)7-13/h8,11,13,15H,4-7H2,1-3H3,(H,12,14). The number of amides is 1. The van der Waals surface area contributed by atoms with E-state index in [1.165, 1.54) is 6.92 Å². The lowest BCUT2D eigenvalue weighted by atomic mass is 10.1. The molecule has 2 unspecified atom stereocenters. The first kappa shape index (κ1) is 14.3. The number of rotatable bonds is 7. The smallest absolute Gasteiger partial charge is 0.221 e. The molecule has 0 rings (SSSR count). The summed E-state index contributed by atoms with van der Waals surface area (Å²) in [6, 6.07) is 0.120. The minimum Gasteiger partial charge on any atom is -0.393 e. The number of hydrogen-bond acceptors (Lipinski definition) is 4. The minimum atomic E-state index is -1.24. The molecule has 0 saturated heterocycles. The third-order valence-electron chi connectivity index (χ3n) is 2.05. The molecule has 15 heavy (non-hydrogen) atoms. The third kappa shape index (κ3) is 7.30. The van der Waals surface area contributed by atoms with Crippen molar-refractivity contribution in [1.29, 1.82) is 0 Å². The predicted octanol–water partition coefficient (Wildman–Crippen LogP) is -0.766. The van der Waals surface area contributed by atoms with Gasteiger partial charge in [0.15, 0.2) is 0 Å². The molecular weight excluding hydrogens is 196 g/mol. The van der Waals surface area contributed by atoms with Crippen LogP contribution in [0.25, 0.3) is 0 Å². The molecule has 0 aromatic rings. The summed E-state index contributed by atoms with van der Waals surface area (Å²) < 4.78 is 0. The SMILES string of the molecule is CCNC(C)CC(=O)NCC(C)(O)CO. The van der Waals surface area contributed by atoms with Crippen LogP contribution in [0.2, 0.25) is 0 Å². The van der Waals surface area contributed by atoms with E-state index in [4.69, 9.17) is 5.11 Å². The van der Waals surface area contributed by atoms with Crippen LogP contribution in [-0.4, -0.2) is 47.5 Å². The van der Waals surface area contributed by atoms with E-state index >= 15 is 0 Å². The summed E-state index contributed by atoms with van der Waals surface area (Å²) in [7, 11) is 0. The van der Waals surface area contributed by atoms with E-state index in [1.807, 2.05) is 13.8 Å². The van der Waals surface area contributed by atoms with E-state index in [0.717, 1.165) is 6.54 Å². The van der Waals surface area contributed by atoms with Crippen LogP contribution < -0.4 is 10.6 Å². The first-order chi connectivity index (χ1) is 6.91. The lowest BCUT2D eigenvalue weighted by Crippen LogP contribution is -2.44. The largest absolute Gasteiger partial charge is 0.393 e. The van der Waals surface area contributed by atoms with Crippen molar-refractivity contribution in [1.82, 2.24) is 10.6 Å². The second-order valence-electron chi connectivity index (χ2n) is 4.09. The van der Waals surface area contributed by atoms with E-state index in [1.54, 1.807) is 0 Å². The second-order valence-corrected chi connectivity index (χ2v) is 4.09. The van der Waals surface area contributed by atoms with Gasteiger partial charge in [-0.15, -0.1) is 0 Å². The molecular formula is C10H22N2O3. The topological polar surface area (TPSA) is 81.6 Å². The van der Waals surface area contributed by atoms with E-state index in [-0.39, 0.29) is 25.1 Å². The summed E-state index contributed by atoms with van der Waals surface area (Å²) in [4.78, 5) is 11.3. The lowest BCUT2D eigenvalue weighted by Gasteiger charge is -2.21. The van der Waals surface area contributed by atoms with Crippen LogP contribution in [0.5, 0.6) is 0 Å². The van der Waals surface area contributed by atoms with Crippen molar-refractivity contribution in [2.75, 3.05) is 19.7 Å². The Labute approximate surface area is 90.9 Å². The zero-order valence-corrected chi connectivity index (χ0v) is 9.71. The Bertz CT molecular complexity index is 195. The maximum Gasteiger partial charge on any atom is 0.221 e. The van der Waals surface area contributed by atoms with Crippen molar-refractivity contribution in [3.8, 4) is 0 Å². The number of carbonyl (C=O) groups excluding carboxylic acids is 1. The Morgan fingerprint density at radius 1 is 1.53 bits per heavy atom. The average Bonchev–Trinajstić information content (AvgIpc) is 2.15. The zero-order valence-electron chi connectivity index (χ0n) is 9.71. The van der Waals surface area contributed by atoms with Crippen LogP contribution >= 0.6 is 0 Å². The maximum atomic E-state index is 11.3. The fourth-order valence-corrected chi connectivity index (χ4v) is 1.12. The van der Waals surface area contributed by atoms with Crippen molar-refractivity contribution in [2.24, 2.45) is 0 Å². The van der Waals surface area contributed by atoms with Crippen LogP contribution in [0.4, 0.5) is 0 Å². The van der Waals surface area contributed by atoms with Gasteiger partial charge in [-0.1, -0.05) is 6.92 Å². The van der Waals surface area contributed by atoms with Crippen molar-refractivity contribution in [3.05, 3.63) is 0 Å². The molecule has 0 spiro atoms. The van der Waals surface area contributed by atoms with E-state index in [2.05, 4.69) is 10.6 Å². The van der Waals surface area contributed by atoms with Gasteiger partial charge in [0.05, 0.1) is 6.61 Å². The Hall–Kier alpha value is -0.650. The monoisotopic (exact) mass is 218 g/mol. The van der Waals surface area contributed by atoms with Crippen molar-refractivity contribution in [3.63, 3.8) is 0 Å². The highest BCUT2D eigenvalue weighted by molar-refractivity contribution is 5.76. The normalized spacial score (nSPS) is 16.9. The Morgan fingerprint density at radius 2 is 2.13 bits per heavy atom. The summed E-state index contributed by atoms with van der Waals surface area (Å²) >= 11 is 0. The Morgan fingerprint density at radius 3 is 2.60 bits per heavy atom. The molecule has 0 aromatic carbocycles. The number of aliphatic hydroxyl groups is 2. The first-order valence-corrected chi connectivity index (χ1v) is 5.24. The molecule has 0 radical (unpaired) electrons. The molecule has 5 nitrogen and oxygen atoms in total. The van der Waals surface area contributed by atoms with Gasteiger partial charge in [0.1, 0.15) is 5.60 Å². The van der Waals surface area contributed by atoms with Gasteiger partial charge in [-0.3, -0.25) is 4.79 Å². The lowest BCUT2D eigenvalue weighted by molar-refractivity contribution is -0.123. The van der Waals surface area contributed by atoms with Crippen molar-refractivity contribution < 1.29 is 15.0 Å². The number of carbonyl (C=O) groups is 1. The number of nitrogens with one attached hydrogen (secondary N) is 2. The van der Waals surface area contributed by atoms with Crippen LogP contribution in [0.15, 0.2) is 0 Å². The highest BCUT2D eigenvalue weighted by Crippen LogP contribution is 1.99. The second kappa shape index (κ2) is 6.76. The van der Waals surface area contributed by atoms with Gasteiger partial charge in [0.25, 0.3) is 0 Å². The van der Waals surface area contributed by atoms with Gasteiger partial charge in [0.2, 0.25) is 5.91 Å². The molecule has 0 fully saturated rings. The highest BCUT2D eigenvalue weighted by atomic mass is 16.3. The first-order valence-electron chi connectivity index (χ1n) is 5.24. The minimum absolute atomic E-state index is 0.0706. The van der Waals surface area contributed by atoms with Gasteiger partial charge in [-0.25, -0.2) is 0 Å². The van der Waals surface area contributed by atoms with E-state index in [0.29, 0.717) is 6.42 Å². The van der Waals surface area contributed by atoms with Gasteiger partial charge in [0, 0.05) is 19.0 Å². The number of aliphatic hydroxyl groups excluding tert-OH is 1. The molecule has 90 valence electrons. The summed E-state index contributed by atoms with van der Waals surface area (Å²) in [5.41, 5.74) is -1.24. The summed E-state index contributed by atoms with van der Waals surface area (Å²) in [5.74, 6) is -0.128.